The lowest BCUT2D eigenvalue weighted by Crippen LogP contribution is -2.35. The normalized spacial score (nSPS) is 15.7. The lowest BCUT2D eigenvalue weighted by molar-refractivity contribution is 0.0742. The molecule has 0 saturated carbocycles. The fourth-order valence-electron chi connectivity index (χ4n) is 5.60. The molecule has 1 aliphatic carbocycles. The summed E-state index contributed by atoms with van der Waals surface area (Å²) in [6, 6.07) is 18.8. The van der Waals surface area contributed by atoms with Gasteiger partial charge in [0.15, 0.2) is 5.96 Å². The van der Waals surface area contributed by atoms with Crippen molar-refractivity contribution in [1.29, 1.82) is 0 Å². The van der Waals surface area contributed by atoms with Gasteiger partial charge >= 0.3 is 0 Å². The standard InChI is InChI=1S/C32H42N4O/c1-22-19-27-28(32(4,5)16-15-31(27,2)3)20-24(22)21-36(18-9-8-17-35-30(33)34)29(37)26-14-10-12-23-11-6-7-13-25(23)26/h6-7,10-14,19-20H,8-9,15-18,21H2,1-5H3,(H4,33,34,35). The van der Waals surface area contributed by atoms with Gasteiger partial charge in [0, 0.05) is 25.2 Å². The molecule has 0 saturated heterocycles. The van der Waals surface area contributed by atoms with Gasteiger partial charge < -0.3 is 16.4 Å². The van der Waals surface area contributed by atoms with Crippen LogP contribution in [0.4, 0.5) is 0 Å². The van der Waals surface area contributed by atoms with Gasteiger partial charge in [0.1, 0.15) is 0 Å². The highest BCUT2D eigenvalue weighted by Crippen LogP contribution is 2.46. The second kappa shape index (κ2) is 10.6. The molecule has 0 bridgehead atoms. The molecule has 0 aromatic heterocycles. The monoisotopic (exact) mass is 498 g/mol. The maximum absolute atomic E-state index is 14.0. The van der Waals surface area contributed by atoms with Crippen molar-refractivity contribution >= 4 is 22.6 Å². The number of aryl methyl sites for hydroxylation is 1. The Hall–Kier alpha value is -3.34. The third kappa shape index (κ3) is 5.82. The van der Waals surface area contributed by atoms with Crippen LogP contribution in [0, 0.1) is 6.92 Å². The molecular weight excluding hydrogens is 456 g/mol. The number of rotatable bonds is 8. The van der Waals surface area contributed by atoms with E-state index >= 15 is 0 Å². The molecule has 0 atom stereocenters. The van der Waals surface area contributed by atoms with Crippen LogP contribution in [0.15, 0.2) is 59.6 Å². The van der Waals surface area contributed by atoms with Gasteiger partial charge in [-0.25, -0.2) is 0 Å². The number of benzene rings is 3. The average molecular weight is 499 g/mol. The number of carbonyl (C=O) groups is 1. The van der Waals surface area contributed by atoms with Crippen LogP contribution in [0.3, 0.4) is 0 Å². The number of unbranched alkanes of at least 4 members (excludes halogenated alkanes) is 1. The molecule has 0 aliphatic heterocycles. The third-order valence-electron chi connectivity index (χ3n) is 8.11. The zero-order chi connectivity index (χ0) is 26.8. The molecule has 0 heterocycles. The van der Waals surface area contributed by atoms with Gasteiger partial charge in [0.05, 0.1) is 0 Å². The van der Waals surface area contributed by atoms with E-state index in [1.807, 2.05) is 35.2 Å². The quantitative estimate of drug-likeness (QED) is 0.220. The van der Waals surface area contributed by atoms with Crippen molar-refractivity contribution in [2.45, 2.75) is 77.7 Å². The van der Waals surface area contributed by atoms with Crippen LogP contribution in [-0.4, -0.2) is 29.9 Å². The number of guanidine groups is 1. The Balaban J connectivity index is 1.68. The van der Waals surface area contributed by atoms with Crippen molar-refractivity contribution in [1.82, 2.24) is 4.90 Å². The number of hydrogen-bond acceptors (Lipinski definition) is 2. The van der Waals surface area contributed by atoms with Crippen molar-refractivity contribution in [3.05, 3.63) is 82.4 Å². The summed E-state index contributed by atoms with van der Waals surface area (Å²) in [6.07, 6.45) is 4.00. The van der Waals surface area contributed by atoms with Crippen LogP contribution in [0.1, 0.15) is 86.0 Å². The first-order valence-corrected chi connectivity index (χ1v) is 13.5. The zero-order valence-electron chi connectivity index (χ0n) is 23.1. The Kier molecular flexibility index (Phi) is 7.63. The van der Waals surface area contributed by atoms with Gasteiger partial charge in [-0.3, -0.25) is 9.79 Å². The Morgan fingerprint density at radius 2 is 1.57 bits per heavy atom. The summed E-state index contributed by atoms with van der Waals surface area (Å²) in [4.78, 5) is 20.1. The summed E-state index contributed by atoms with van der Waals surface area (Å²) in [5, 5.41) is 2.07. The fourth-order valence-corrected chi connectivity index (χ4v) is 5.60. The van der Waals surface area contributed by atoms with Crippen molar-refractivity contribution in [2.75, 3.05) is 13.1 Å². The molecule has 37 heavy (non-hydrogen) atoms. The summed E-state index contributed by atoms with van der Waals surface area (Å²) < 4.78 is 0. The molecule has 4 N–H and O–H groups in total. The van der Waals surface area contributed by atoms with Crippen LogP contribution in [0.25, 0.3) is 10.8 Å². The highest BCUT2D eigenvalue weighted by atomic mass is 16.2. The number of nitrogens with zero attached hydrogens (tertiary/aromatic N) is 2. The van der Waals surface area contributed by atoms with Crippen molar-refractivity contribution < 1.29 is 4.79 Å². The van der Waals surface area contributed by atoms with E-state index in [1.165, 1.54) is 35.1 Å². The van der Waals surface area contributed by atoms with Gasteiger partial charge in [-0.1, -0.05) is 76.2 Å². The van der Waals surface area contributed by atoms with E-state index in [1.54, 1.807) is 0 Å². The number of nitrogens with two attached hydrogens (primary N) is 2. The number of amides is 1. The van der Waals surface area contributed by atoms with E-state index < -0.39 is 0 Å². The summed E-state index contributed by atoms with van der Waals surface area (Å²) in [6.45, 7) is 13.4. The molecule has 4 rings (SSSR count). The van der Waals surface area contributed by atoms with E-state index in [0.717, 1.165) is 29.2 Å². The second-order valence-electron chi connectivity index (χ2n) is 11.9. The summed E-state index contributed by atoms with van der Waals surface area (Å²) in [7, 11) is 0. The minimum Gasteiger partial charge on any atom is -0.370 e. The first-order chi connectivity index (χ1) is 17.5. The molecule has 196 valence electrons. The Morgan fingerprint density at radius 3 is 2.27 bits per heavy atom. The smallest absolute Gasteiger partial charge is 0.254 e. The van der Waals surface area contributed by atoms with E-state index in [2.05, 4.69) is 63.9 Å². The van der Waals surface area contributed by atoms with Crippen molar-refractivity contribution in [3.63, 3.8) is 0 Å². The summed E-state index contributed by atoms with van der Waals surface area (Å²) >= 11 is 0. The van der Waals surface area contributed by atoms with Gasteiger partial charge in [0.25, 0.3) is 5.91 Å². The minimum absolute atomic E-state index is 0.0651. The molecule has 1 amide bonds. The molecule has 0 unspecified atom stereocenters. The minimum atomic E-state index is 0.0651. The highest BCUT2D eigenvalue weighted by molar-refractivity contribution is 6.07. The Labute approximate surface area is 221 Å². The lowest BCUT2D eigenvalue weighted by Gasteiger charge is -2.42. The predicted molar refractivity (Wildman–Crippen MR) is 155 cm³/mol. The molecule has 3 aromatic carbocycles. The van der Waals surface area contributed by atoms with Crippen LogP contribution in [-0.2, 0) is 17.4 Å². The van der Waals surface area contributed by atoms with Crippen LogP contribution in [0.2, 0.25) is 0 Å². The maximum atomic E-state index is 14.0. The summed E-state index contributed by atoms with van der Waals surface area (Å²) in [5.41, 5.74) is 17.4. The van der Waals surface area contributed by atoms with Crippen LogP contribution < -0.4 is 11.5 Å². The Morgan fingerprint density at radius 1 is 0.919 bits per heavy atom. The molecule has 5 heteroatoms. The predicted octanol–water partition coefficient (Wildman–Crippen LogP) is 6.19. The number of fused-ring (bicyclic) bond motifs is 2. The Bertz CT molecular complexity index is 1310. The van der Waals surface area contributed by atoms with E-state index in [9.17, 15) is 4.79 Å². The lowest BCUT2D eigenvalue weighted by atomic mass is 9.62. The average Bonchev–Trinajstić information content (AvgIpc) is 2.85. The van der Waals surface area contributed by atoms with Crippen molar-refractivity contribution in [3.8, 4) is 0 Å². The van der Waals surface area contributed by atoms with Crippen LogP contribution >= 0.6 is 0 Å². The molecular formula is C32H42N4O. The SMILES string of the molecule is Cc1cc2c(cc1CN(CCCCN=C(N)N)C(=O)c1cccc3ccccc13)C(C)(C)CCC2(C)C. The fraction of sp³-hybridized carbons (Fsp3) is 0.438. The first-order valence-electron chi connectivity index (χ1n) is 13.5. The number of aliphatic imine (C=N–C) groups is 1. The topological polar surface area (TPSA) is 84.7 Å². The van der Waals surface area contributed by atoms with Gasteiger partial charge in [-0.2, -0.15) is 0 Å². The first kappa shape index (κ1) is 26.7. The van der Waals surface area contributed by atoms with E-state index in [0.29, 0.717) is 19.6 Å². The van der Waals surface area contributed by atoms with Crippen molar-refractivity contribution in [2.24, 2.45) is 16.5 Å². The third-order valence-corrected chi connectivity index (χ3v) is 8.11. The number of carbonyl (C=O) groups excluding carboxylic acids is 1. The maximum Gasteiger partial charge on any atom is 0.254 e. The molecule has 3 aromatic rings. The van der Waals surface area contributed by atoms with Gasteiger partial charge in [-0.05, 0) is 82.5 Å². The molecule has 0 spiro atoms. The van der Waals surface area contributed by atoms with Gasteiger partial charge in [0.2, 0.25) is 0 Å². The zero-order valence-corrected chi connectivity index (χ0v) is 23.1. The summed E-state index contributed by atoms with van der Waals surface area (Å²) in [5.74, 6) is 0.175. The van der Waals surface area contributed by atoms with Crippen LogP contribution in [0.5, 0.6) is 0 Å². The molecule has 0 radical (unpaired) electrons. The van der Waals surface area contributed by atoms with Gasteiger partial charge in [-0.15, -0.1) is 0 Å². The number of hydrogen-bond donors (Lipinski definition) is 2. The van der Waals surface area contributed by atoms with E-state index in [-0.39, 0.29) is 22.7 Å². The van der Waals surface area contributed by atoms with E-state index in [4.69, 9.17) is 11.5 Å². The molecule has 0 fully saturated rings. The highest BCUT2D eigenvalue weighted by Gasteiger charge is 2.37. The molecule has 5 nitrogen and oxygen atoms in total. The molecule has 1 aliphatic rings. The second-order valence-corrected chi connectivity index (χ2v) is 11.9. The largest absolute Gasteiger partial charge is 0.370 e.